The van der Waals surface area contributed by atoms with Crippen LogP contribution in [0.1, 0.15) is 34.9 Å². The highest BCUT2D eigenvalue weighted by molar-refractivity contribution is 6.59. The van der Waals surface area contributed by atoms with Gasteiger partial charge in [0, 0.05) is 26.9 Å². The van der Waals surface area contributed by atoms with E-state index in [4.69, 9.17) is 19.6 Å². The zero-order chi connectivity index (χ0) is 15.1. The molecule has 1 aromatic heterocycles. The standard InChI is InChI=1S/C7H11BN2O2/c1-5(2)7-6(8(11)12)3-9-4-10-7/h3-5,11-12H,1-2H3/i1D3,2D3,5D. The lowest BCUT2D eigenvalue weighted by atomic mass is 9.78. The van der Waals surface area contributed by atoms with E-state index in [1.165, 1.54) is 0 Å². The molecule has 0 unspecified atom stereocenters. The van der Waals surface area contributed by atoms with Crippen LogP contribution in [0.4, 0.5) is 0 Å². The van der Waals surface area contributed by atoms with E-state index in [-0.39, 0.29) is 0 Å². The van der Waals surface area contributed by atoms with E-state index in [1.807, 2.05) is 0 Å². The number of nitrogens with zero attached hydrogens (tertiary/aromatic N) is 2. The van der Waals surface area contributed by atoms with Gasteiger partial charge in [-0.25, -0.2) is 9.97 Å². The molecule has 0 saturated heterocycles. The molecule has 1 aromatic rings. The molecule has 0 aromatic carbocycles. The van der Waals surface area contributed by atoms with E-state index in [0.29, 0.717) is 0 Å². The molecule has 0 spiro atoms. The second-order valence-electron chi connectivity index (χ2n) is 2.08. The number of aromatic nitrogens is 2. The average molecular weight is 173 g/mol. The Kier molecular flexibility index (Phi) is 1.04. The van der Waals surface area contributed by atoms with Crippen LogP contribution in [0.2, 0.25) is 0 Å². The summed E-state index contributed by atoms with van der Waals surface area (Å²) in [5, 5.41) is 18.2. The van der Waals surface area contributed by atoms with Crippen molar-refractivity contribution in [1.29, 1.82) is 0 Å². The lowest BCUT2D eigenvalue weighted by Crippen LogP contribution is -2.34. The molecule has 4 nitrogen and oxygen atoms in total. The van der Waals surface area contributed by atoms with Gasteiger partial charge in [-0.3, -0.25) is 0 Å². The maximum Gasteiger partial charge on any atom is 0.491 e. The Hall–Kier alpha value is -0.935. The quantitative estimate of drug-likeness (QED) is 0.579. The summed E-state index contributed by atoms with van der Waals surface area (Å²) in [5.74, 6) is -3.08. The second kappa shape index (κ2) is 3.64. The van der Waals surface area contributed by atoms with Crippen molar-refractivity contribution >= 4 is 12.6 Å². The minimum atomic E-state index is -3.24. The summed E-state index contributed by atoms with van der Waals surface area (Å²) in [5.41, 5.74) is -1.28. The van der Waals surface area contributed by atoms with Gasteiger partial charge in [0.1, 0.15) is 6.33 Å². The molecular weight excluding hydrogens is 155 g/mol. The summed E-state index contributed by atoms with van der Waals surface area (Å²) in [7, 11) is -2.18. The van der Waals surface area contributed by atoms with Crippen molar-refractivity contribution in [3.05, 3.63) is 18.2 Å². The summed E-state index contributed by atoms with van der Waals surface area (Å²) in [6.45, 7) is -6.48. The predicted molar refractivity (Wildman–Crippen MR) is 45.9 cm³/mol. The molecule has 0 aliphatic carbocycles. The maximum atomic E-state index is 9.12. The highest BCUT2D eigenvalue weighted by Gasteiger charge is 2.18. The molecule has 0 fully saturated rings. The van der Waals surface area contributed by atoms with Crippen molar-refractivity contribution < 1.29 is 19.6 Å². The van der Waals surface area contributed by atoms with Crippen LogP contribution in [-0.4, -0.2) is 27.1 Å². The Morgan fingerprint density at radius 3 is 3.00 bits per heavy atom. The summed E-state index contributed by atoms with van der Waals surface area (Å²) in [6, 6.07) is 0. The van der Waals surface area contributed by atoms with E-state index in [0.717, 1.165) is 12.5 Å². The summed E-state index contributed by atoms with van der Waals surface area (Å²) in [6.07, 6.45) is 1.72. The normalized spacial score (nSPS) is 22.0. The summed E-state index contributed by atoms with van der Waals surface area (Å²) >= 11 is 0. The van der Waals surface area contributed by atoms with Crippen molar-refractivity contribution in [2.24, 2.45) is 0 Å². The monoisotopic (exact) mass is 173 g/mol. The zero-order valence-electron chi connectivity index (χ0n) is 13.0. The number of hydrogen-bond donors (Lipinski definition) is 2. The van der Waals surface area contributed by atoms with Gasteiger partial charge in [0.05, 0.1) is 0 Å². The van der Waals surface area contributed by atoms with Gasteiger partial charge in [0.2, 0.25) is 0 Å². The first-order valence-corrected chi connectivity index (χ1v) is 3.09. The van der Waals surface area contributed by atoms with E-state index in [2.05, 4.69) is 9.97 Å². The van der Waals surface area contributed by atoms with Gasteiger partial charge in [0.15, 0.2) is 0 Å². The molecule has 2 N–H and O–H groups in total. The van der Waals surface area contributed by atoms with Crippen LogP contribution in [-0.2, 0) is 0 Å². The Labute approximate surface area is 81.3 Å². The molecule has 0 aliphatic heterocycles. The third-order valence-electron chi connectivity index (χ3n) is 1.26. The predicted octanol–water partition coefficient (Wildman–Crippen LogP) is -0.720. The molecule has 0 aliphatic rings. The van der Waals surface area contributed by atoms with Gasteiger partial charge in [-0.2, -0.15) is 0 Å². The summed E-state index contributed by atoms with van der Waals surface area (Å²) < 4.78 is 51.5. The van der Waals surface area contributed by atoms with Gasteiger partial charge in [-0.05, 0) is 5.89 Å². The first-order valence-electron chi connectivity index (χ1n) is 6.59. The van der Waals surface area contributed by atoms with Gasteiger partial charge < -0.3 is 10.0 Å². The lowest BCUT2D eigenvalue weighted by Gasteiger charge is -2.08. The third-order valence-corrected chi connectivity index (χ3v) is 1.26. The lowest BCUT2D eigenvalue weighted by molar-refractivity contribution is 0.424. The molecule has 0 amide bonds. The van der Waals surface area contributed by atoms with E-state index >= 15 is 0 Å². The molecule has 64 valence electrons. The first-order chi connectivity index (χ1) is 8.43. The van der Waals surface area contributed by atoms with Crippen LogP contribution in [0.25, 0.3) is 0 Å². The number of rotatable bonds is 2. The molecular formula is C7H11BN2O2. The fourth-order valence-corrected chi connectivity index (χ4v) is 0.738. The molecule has 0 atom stereocenters. The number of hydrogen-bond acceptors (Lipinski definition) is 4. The van der Waals surface area contributed by atoms with Crippen molar-refractivity contribution in [2.75, 3.05) is 0 Å². The van der Waals surface area contributed by atoms with Crippen LogP contribution < -0.4 is 5.46 Å². The molecule has 12 heavy (non-hydrogen) atoms. The fraction of sp³-hybridized carbons (Fsp3) is 0.429. The van der Waals surface area contributed by atoms with Gasteiger partial charge >= 0.3 is 7.12 Å². The van der Waals surface area contributed by atoms with Crippen LogP contribution in [0.3, 0.4) is 0 Å². The van der Waals surface area contributed by atoms with Gasteiger partial charge in [0.25, 0.3) is 0 Å². The molecule has 0 radical (unpaired) electrons. The molecule has 1 rings (SSSR count). The van der Waals surface area contributed by atoms with E-state index in [9.17, 15) is 0 Å². The third kappa shape index (κ3) is 1.81. The second-order valence-corrected chi connectivity index (χ2v) is 2.08. The highest BCUT2D eigenvalue weighted by Crippen LogP contribution is 2.06. The minimum Gasteiger partial charge on any atom is -0.423 e. The van der Waals surface area contributed by atoms with Crippen LogP contribution >= 0.6 is 0 Å². The zero-order valence-corrected chi connectivity index (χ0v) is 6.02. The molecule has 0 saturated carbocycles. The molecule has 0 bridgehead atoms. The Morgan fingerprint density at radius 1 is 1.67 bits per heavy atom. The van der Waals surface area contributed by atoms with Crippen LogP contribution in [0.15, 0.2) is 12.5 Å². The highest BCUT2D eigenvalue weighted by atomic mass is 16.4. The smallest absolute Gasteiger partial charge is 0.423 e. The van der Waals surface area contributed by atoms with Crippen LogP contribution in [0, 0.1) is 0 Å². The minimum absolute atomic E-state index is 0.523. The van der Waals surface area contributed by atoms with Crippen molar-refractivity contribution in [3.63, 3.8) is 0 Å². The average Bonchev–Trinajstić information content (AvgIpc) is 2.24. The molecule has 5 heteroatoms. The van der Waals surface area contributed by atoms with Crippen molar-refractivity contribution in [2.45, 2.75) is 19.6 Å². The Bertz CT molecular complexity index is 447. The Balaban J connectivity index is 3.62. The topological polar surface area (TPSA) is 66.2 Å². The Morgan fingerprint density at radius 2 is 2.42 bits per heavy atom. The van der Waals surface area contributed by atoms with Gasteiger partial charge in [-0.15, -0.1) is 0 Å². The van der Waals surface area contributed by atoms with Crippen LogP contribution in [0.5, 0.6) is 0 Å². The SMILES string of the molecule is [2H]C([2H])([2H])C([2H])(c1ncncc1B(O)O)C([2H])([2H])[2H]. The van der Waals surface area contributed by atoms with E-state index < -0.39 is 37.9 Å². The first kappa shape index (κ1) is 3.43. The van der Waals surface area contributed by atoms with Crippen molar-refractivity contribution in [1.82, 2.24) is 9.97 Å². The van der Waals surface area contributed by atoms with Crippen molar-refractivity contribution in [3.8, 4) is 0 Å². The van der Waals surface area contributed by atoms with Gasteiger partial charge in [-0.1, -0.05) is 13.7 Å². The fourth-order valence-electron chi connectivity index (χ4n) is 0.738. The molecule has 1 heterocycles. The maximum absolute atomic E-state index is 9.12. The largest absolute Gasteiger partial charge is 0.491 e. The summed E-state index contributed by atoms with van der Waals surface area (Å²) in [4.78, 5) is 6.93. The van der Waals surface area contributed by atoms with E-state index in [1.54, 1.807) is 0 Å².